The number of nitrogens with one attached hydrogen (secondary N) is 3. The maximum absolute atomic E-state index is 13.3. The minimum atomic E-state index is -4.64. The van der Waals surface area contributed by atoms with Gasteiger partial charge in [-0.15, -0.1) is 0 Å². The van der Waals surface area contributed by atoms with Crippen molar-refractivity contribution < 1.29 is 26.3 Å². The van der Waals surface area contributed by atoms with Crippen LogP contribution in [0.2, 0.25) is 0 Å². The molecule has 1 unspecified atom stereocenters. The van der Waals surface area contributed by atoms with E-state index in [1.54, 1.807) is 0 Å². The zero-order valence-electron chi connectivity index (χ0n) is 17.2. The van der Waals surface area contributed by atoms with Crippen LogP contribution in [0.3, 0.4) is 0 Å². The van der Waals surface area contributed by atoms with E-state index in [9.17, 15) is 26.3 Å². The monoisotopic (exact) mass is 472 g/mol. The van der Waals surface area contributed by atoms with Crippen LogP contribution in [0, 0.1) is 0 Å². The van der Waals surface area contributed by atoms with E-state index in [1.807, 2.05) is 19.2 Å². The lowest BCUT2D eigenvalue weighted by atomic mass is 10.3. The summed E-state index contributed by atoms with van der Waals surface area (Å²) in [7, 11) is 0. The highest BCUT2D eigenvalue weighted by molar-refractivity contribution is 5.60. The molecular formula is C19H18F6N8. The Labute approximate surface area is 183 Å². The lowest BCUT2D eigenvalue weighted by Gasteiger charge is -2.14. The number of aromatic nitrogens is 5. The molecule has 0 spiro atoms. The van der Waals surface area contributed by atoms with Gasteiger partial charge in [-0.05, 0) is 38.1 Å². The largest absolute Gasteiger partial charge is 0.433 e. The Balaban J connectivity index is 1.96. The highest BCUT2D eigenvalue weighted by Crippen LogP contribution is 2.29. The molecule has 14 heteroatoms. The molecule has 0 radical (unpaired) electrons. The summed E-state index contributed by atoms with van der Waals surface area (Å²) in [6, 6.07) is 6.13. The van der Waals surface area contributed by atoms with E-state index in [0.717, 1.165) is 12.3 Å². The van der Waals surface area contributed by atoms with Gasteiger partial charge in [0.2, 0.25) is 18.2 Å². The fourth-order valence-corrected chi connectivity index (χ4v) is 2.51. The second-order valence-electron chi connectivity index (χ2n) is 6.95. The third kappa shape index (κ3) is 6.63. The van der Waals surface area contributed by atoms with E-state index in [0.29, 0.717) is 0 Å². The normalized spacial score (nSPS) is 12.7. The van der Waals surface area contributed by atoms with Gasteiger partial charge in [0, 0.05) is 17.9 Å². The fourth-order valence-electron chi connectivity index (χ4n) is 2.51. The van der Waals surface area contributed by atoms with Crippen LogP contribution in [0.25, 0.3) is 11.5 Å². The zero-order valence-corrected chi connectivity index (χ0v) is 17.2. The molecule has 3 N–H and O–H groups in total. The first kappa shape index (κ1) is 23.9. The van der Waals surface area contributed by atoms with E-state index in [2.05, 4.69) is 35.6 Å². The molecule has 3 aromatic rings. The van der Waals surface area contributed by atoms with Gasteiger partial charge in [0.05, 0.1) is 0 Å². The number of anilines is 4. The fraction of sp³-hybridized carbons (Fsp3) is 0.316. The predicted molar refractivity (Wildman–Crippen MR) is 109 cm³/mol. The van der Waals surface area contributed by atoms with Crippen molar-refractivity contribution in [3.8, 4) is 11.5 Å². The molecule has 8 nitrogen and oxygen atoms in total. The Kier molecular flexibility index (Phi) is 7.13. The second-order valence-corrected chi connectivity index (χ2v) is 6.95. The quantitative estimate of drug-likeness (QED) is 0.315. The summed E-state index contributed by atoms with van der Waals surface area (Å²) < 4.78 is 77.1. The number of nitrogens with zero attached hydrogens (tertiary/aromatic N) is 5. The third-order valence-electron chi connectivity index (χ3n) is 3.84. The van der Waals surface area contributed by atoms with Crippen molar-refractivity contribution in [2.45, 2.75) is 38.8 Å². The van der Waals surface area contributed by atoms with Crippen molar-refractivity contribution in [2.24, 2.45) is 0 Å². The number of alkyl halides is 6. The number of rotatable bonds is 8. The molecule has 0 aliphatic rings. The van der Waals surface area contributed by atoms with Crippen LogP contribution >= 0.6 is 0 Å². The lowest BCUT2D eigenvalue weighted by molar-refractivity contribution is -0.141. The first-order valence-electron chi connectivity index (χ1n) is 9.50. The minimum absolute atomic E-state index is 0.0190. The SMILES string of the molecule is CC(C)Nc1nc(Nc2ccnc(C(F)(F)F)c2)nc(-c2cccc(NC(F)C(F)F)n2)n1. The Morgan fingerprint density at radius 2 is 1.61 bits per heavy atom. The molecule has 3 rings (SSSR count). The zero-order chi connectivity index (χ0) is 24.2. The average Bonchev–Trinajstić information content (AvgIpc) is 2.73. The van der Waals surface area contributed by atoms with Gasteiger partial charge in [0.25, 0.3) is 6.43 Å². The minimum Gasteiger partial charge on any atom is -0.352 e. The van der Waals surface area contributed by atoms with Crippen LogP contribution in [-0.4, -0.2) is 43.7 Å². The maximum Gasteiger partial charge on any atom is 0.433 e. The van der Waals surface area contributed by atoms with Crippen LogP contribution in [0.4, 0.5) is 49.7 Å². The average molecular weight is 472 g/mol. The number of pyridine rings is 2. The predicted octanol–water partition coefficient (Wildman–Crippen LogP) is 4.88. The summed E-state index contributed by atoms with van der Waals surface area (Å²) in [5, 5.41) is 7.53. The highest BCUT2D eigenvalue weighted by Gasteiger charge is 2.32. The topological polar surface area (TPSA) is 101 Å². The van der Waals surface area contributed by atoms with Crippen molar-refractivity contribution in [3.63, 3.8) is 0 Å². The van der Waals surface area contributed by atoms with Crippen molar-refractivity contribution in [2.75, 3.05) is 16.0 Å². The van der Waals surface area contributed by atoms with Gasteiger partial charge < -0.3 is 16.0 Å². The number of hydrogen-bond donors (Lipinski definition) is 3. The molecule has 0 saturated heterocycles. The van der Waals surface area contributed by atoms with Crippen molar-refractivity contribution in [1.29, 1.82) is 0 Å². The van der Waals surface area contributed by atoms with Gasteiger partial charge in [-0.3, -0.25) is 4.98 Å². The molecule has 0 fully saturated rings. The molecule has 0 amide bonds. The van der Waals surface area contributed by atoms with E-state index < -0.39 is 24.6 Å². The summed E-state index contributed by atoms with van der Waals surface area (Å²) in [4.78, 5) is 19.8. The molecule has 0 aromatic carbocycles. The molecule has 0 bridgehead atoms. The third-order valence-corrected chi connectivity index (χ3v) is 3.84. The Hall–Kier alpha value is -3.71. The van der Waals surface area contributed by atoms with Crippen molar-refractivity contribution in [3.05, 3.63) is 42.2 Å². The molecule has 176 valence electrons. The molecule has 1 atom stereocenters. The molecule has 33 heavy (non-hydrogen) atoms. The Morgan fingerprint density at radius 3 is 2.27 bits per heavy atom. The first-order chi connectivity index (χ1) is 15.5. The van der Waals surface area contributed by atoms with Gasteiger partial charge in [0.1, 0.15) is 17.2 Å². The molecule has 0 aliphatic carbocycles. The van der Waals surface area contributed by atoms with Gasteiger partial charge in [-0.2, -0.15) is 28.1 Å². The van der Waals surface area contributed by atoms with E-state index in [-0.39, 0.29) is 41.0 Å². The van der Waals surface area contributed by atoms with E-state index in [4.69, 9.17) is 0 Å². The summed E-state index contributed by atoms with van der Waals surface area (Å²) in [5.74, 6) is -0.244. The molecule has 0 saturated carbocycles. The smallest absolute Gasteiger partial charge is 0.352 e. The molecular weight excluding hydrogens is 454 g/mol. The van der Waals surface area contributed by atoms with Crippen LogP contribution in [0.15, 0.2) is 36.5 Å². The van der Waals surface area contributed by atoms with Crippen LogP contribution in [0.1, 0.15) is 19.5 Å². The maximum atomic E-state index is 13.3. The van der Waals surface area contributed by atoms with Crippen LogP contribution in [0.5, 0.6) is 0 Å². The number of hydrogen-bond acceptors (Lipinski definition) is 8. The Bertz CT molecular complexity index is 1090. The van der Waals surface area contributed by atoms with Gasteiger partial charge in [-0.1, -0.05) is 6.07 Å². The number of halogens is 6. The molecule has 0 aliphatic heterocycles. The van der Waals surface area contributed by atoms with Gasteiger partial charge in [0.15, 0.2) is 5.82 Å². The van der Waals surface area contributed by atoms with Crippen LogP contribution < -0.4 is 16.0 Å². The molecule has 3 aromatic heterocycles. The van der Waals surface area contributed by atoms with Gasteiger partial charge in [-0.25, -0.2) is 18.2 Å². The first-order valence-corrected chi connectivity index (χ1v) is 9.50. The highest BCUT2D eigenvalue weighted by atomic mass is 19.4. The van der Waals surface area contributed by atoms with Crippen molar-refractivity contribution in [1.82, 2.24) is 24.9 Å². The van der Waals surface area contributed by atoms with Crippen molar-refractivity contribution >= 4 is 23.4 Å². The standard InChI is InChI=1S/C19H18F6N8/c1-9(2)27-17-31-16(11-4-3-5-13(29-11)30-15(22)14(20)21)32-18(33-17)28-10-6-7-26-12(8-10)19(23,24)25/h3-9,14-15H,1-2H3,(H,29,30)(H2,26,27,28,31,32,33). The summed E-state index contributed by atoms with van der Waals surface area (Å²) >= 11 is 0. The Morgan fingerprint density at radius 1 is 0.879 bits per heavy atom. The van der Waals surface area contributed by atoms with E-state index in [1.165, 1.54) is 24.3 Å². The summed E-state index contributed by atoms with van der Waals surface area (Å²) in [6.07, 6.45) is -9.55. The van der Waals surface area contributed by atoms with Crippen LogP contribution in [-0.2, 0) is 6.18 Å². The second kappa shape index (κ2) is 9.83. The summed E-state index contributed by atoms with van der Waals surface area (Å²) in [6.45, 7) is 3.62. The van der Waals surface area contributed by atoms with Gasteiger partial charge >= 0.3 is 6.18 Å². The molecule has 3 heterocycles. The lowest BCUT2D eigenvalue weighted by Crippen LogP contribution is -2.22. The summed E-state index contributed by atoms with van der Waals surface area (Å²) in [5.41, 5.74) is -1.00. The van der Waals surface area contributed by atoms with E-state index >= 15 is 0 Å².